The highest BCUT2D eigenvalue weighted by atomic mass is 32.1. The van der Waals surface area contributed by atoms with Gasteiger partial charge in [-0.3, -0.25) is 0 Å². The zero-order valence-electron chi connectivity index (χ0n) is 7.79. The molecule has 0 saturated heterocycles. The number of aromatic nitrogens is 3. The van der Waals surface area contributed by atoms with Gasteiger partial charge in [0.05, 0.1) is 28.3 Å². The first-order chi connectivity index (χ1) is 7.33. The van der Waals surface area contributed by atoms with Crippen molar-refractivity contribution in [2.45, 2.75) is 0 Å². The molecule has 0 unspecified atom stereocenters. The molecule has 0 atom stereocenters. The van der Waals surface area contributed by atoms with Crippen LogP contribution in [0.1, 0.15) is 0 Å². The van der Waals surface area contributed by atoms with Crippen LogP contribution < -0.4 is 5.73 Å². The molecule has 0 radical (unpaired) electrons. The topological polar surface area (TPSA) is 56.7 Å². The highest BCUT2D eigenvalue weighted by Crippen LogP contribution is 2.24. The Hall–Kier alpha value is -1.88. The number of para-hydroxylation sites is 1. The van der Waals surface area contributed by atoms with E-state index in [0.29, 0.717) is 5.69 Å². The SMILES string of the molecule is Nc1cnn(-c2nc3ccccc3s2)c1. The number of fused-ring (bicyclic) bond motifs is 1. The molecular weight excluding hydrogens is 208 g/mol. The fourth-order valence-corrected chi connectivity index (χ4v) is 2.30. The molecule has 4 nitrogen and oxygen atoms in total. The second kappa shape index (κ2) is 3.06. The van der Waals surface area contributed by atoms with Gasteiger partial charge in [-0.25, -0.2) is 9.67 Å². The van der Waals surface area contributed by atoms with Gasteiger partial charge in [-0.2, -0.15) is 5.10 Å². The molecule has 0 bridgehead atoms. The molecule has 5 heteroatoms. The quantitative estimate of drug-likeness (QED) is 0.677. The van der Waals surface area contributed by atoms with Gasteiger partial charge in [-0.05, 0) is 12.1 Å². The fraction of sp³-hybridized carbons (Fsp3) is 0. The molecule has 0 fully saturated rings. The van der Waals surface area contributed by atoms with Crippen LogP contribution in [0.25, 0.3) is 15.3 Å². The third kappa shape index (κ3) is 1.37. The van der Waals surface area contributed by atoms with Crippen molar-refractivity contribution in [3.8, 4) is 5.13 Å². The number of hydrogen-bond donors (Lipinski definition) is 1. The Kier molecular flexibility index (Phi) is 1.72. The summed E-state index contributed by atoms with van der Waals surface area (Å²) >= 11 is 1.60. The van der Waals surface area contributed by atoms with Crippen LogP contribution in [0.3, 0.4) is 0 Å². The summed E-state index contributed by atoms with van der Waals surface area (Å²) in [7, 11) is 0. The molecular formula is C10H8N4S. The molecule has 0 aliphatic carbocycles. The normalized spacial score (nSPS) is 10.9. The van der Waals surface area contributed by atoms with E-state index in [-0.39, 0.29) is 0 Å². The maximum atomic E-state index is 5.60. The number of nitrogen functional groups attached to an aromatic ring is 1. The smallest absolute Gasteiger partial charge is 0.211 e. The van der Waals surface area contributed by atoms with Crippen LogP contribution in [0, 0.1) is 0 Å². The molecule has 0 aliphatic heterocycles. The fourth-order valence-electron chi connectivity index (χ4n) is 1.40. The van der Waals surface area contributed by atoms with Gasteiger partial charge in [0.1, 0.15) is 0 Å². The van der Waals surface area contributed by atoms with E-state index in [0.717, 1.165) is 15.3 Å². The summed E-state index contributed by atoms with van der Waals surface area (Å²) in [6, 6.07) is 8.01. The van der Waals surface area contributed by atoms with Gasteiger partial charge in [-0.1, -0.05) is 23.5 Å². The Balaban J connectivity index is 2.19. The molecule has 3 rings (SSSR count). The van der Waals surface area contributed by atoms with Crippen molar-refractivity contribution >= 4 is 27.2 Å². The third-order valence-corrected chi connectivity index (χ3v) is 3.11. The average Bonchev–Trinajstić information content (AvgIpc) is 2.82. The van der Waals surface area contributed by atoms with Crippen molar-refractivity contribution < 1.29 is 0 Å². The van der Waals surface area contributed by atoms with E-state index in [4.69, 9.17) is 5.73 Å². The lowest BCUT2D eigenvalue weighted by atomic mass is 10.3. The Morgan fingerprint density at radius 3 is 2.87 bits per heavy atom. The summed E-state index contributed by atoms with van der Waals surface area (Å²) in [4.78, 5) is 4.46. The lowest BCUT2D eigenvalue weighted by molar-refractivity contribution is 0.873. The molecule has 0 amide bonds. The van der Waals surface area contributed by atoms with Gasteiger partial charge in [0.25, 0.3) is 0 Å². The summed E-state index contributed by atoms with van der Waals surface area (Å²) in [6.07, 6.45) is 3.38. The highest BCUT2D eigenvalue weighted by Gasteiger charge is 2.05. The largest absolute Gasteiger partial charge is 0.396 e. The second-order valence-corrected chi connectivity index (χ2v) is 4.19. The van der Waals surface area contributed by atoms with Crippen molar-refractivity contribution in [1.29, 1.82) is 0 Å². The number of hydrogen-bond acceptors (Lipinski definition) is 4. The molecule has 2 N–H and O–H groups in total. The van der Waals surface area contributed by atoms with Crippen LogP contribution in [0.4, 0.5) is 5.69 Å². The Morgan fingerprint density at radius 1 is 1.27 bits per heavy atom. The minimum absolute atomic E-state index is 0.647. The second-order valence-electron chi connectivity index (χ2n) is 3.18. The van der Waals surface area contributed by atoms with E-state index < -0.39 is 0 Å². The number of nitrogens with two attached hydrogens (primary N) is 1. The molecule has 15 heavy (non-hydrogen) atoms. The Bertz CT molecular complexity index is 577. The summed E-state index contributed by atoms with van der Waals surface area (Å²) < 4.78 is 2.85. The van der Waals surface area contributed by atoms with Crippen molar-refractivity contribution in [3.05, 3.63) is 36.7 Å². The maximum absolute atomic E-state index is 5.60. The van der Waals surface area contributed by atoms with E-state index in [1.165, 1.54) is 0 Å². The third-order valence-electron chi connectivity index (χ3n) is 2.08. The van der Waals surface area contributed by atoms with Crippen LogP contribution in [-0.4, -0.2) is 14.8 Å². The Morgan fingerprint density at radius 2 is 2.13 bits per heavy atom. The number of nitrogens with zero attached hydrogens (tertiary/aromatic N) is 3. The zero-order valence-corrected chi connectivity index (χ0v) is 8.61. The van der Waals surface area contributed by atoms with E-state index in [2.05, 4.69) is 10.1 Å². The van der Waals surface area contributed by atoms with Gasteiger partial charge < -0.3 is 5.73 Å². The predicted molar refractivity (Wildman–Crippen MR) is 61.2 cm³/mol. The van der Waals surface area contributed by atoms with Gasteiger partial charge in [-0.15, -0.1) is 0 Å². The van der Waals surface area contributed by atoms with Crippen molar-refractivity contribution in [1.82, 2.24) is 14.8 Å². The number of benzene rings is 1. The molecule has 74 valence electrons. The van der Waals surface area contributed by atoms with E-state index in [9.17, 15) is 0 Å². The standard InChI is InChI=1S/C10H8N4S/c11-7-5-12-14(6-7)10-13-8-3-1-2-4-9(8)15-10/h1-6H,11H2. The van der Waals surface area contributed by atoms with Gasteiger partial charge in [0, 0.05) is 0 Å². The lowest BCUT2D eigenvalue weighted by Gasteiger charge is -1.90. The number of thiazole rings is 1. The monoisotopic (exact) mass is 216 g/mol. The minimum atomic E-state index is 0.647. The van der Waals surface area contributed by atoms with Crippen LogP contribution in [-0.2, 0) is 0 Å². The lowest BCUT2D eigenvalue weighted by Crippen LogP contribution is -1.92. The predicted octanol–water partition coefficient (Wildman–Crippen LogP) is 2.06. The van der Waals surface area contributed by atoms with Gasteiger partial charge in [0.2, 0.25) is 5.13 Å². The van der Waals surface area contributed by atoms with Gasteiger partial charge >= 0.3 is 0 Å². The average molecular weight is 216 g/mol. The summed E-state index contributed by atoms with van der Waals surface area (Å²) in [6.45, 7) is 0. The molecule has 0 spiro atoms. The first-order valence-corrected chi connectivity index (χ1v) is 5.31. The summed E-state index contributed by atoms with van der Waals surface area (Å²) in [5.74, 6) is 0. The van der Waals surface area contributed by atoms with E-state index >= 15 is 0 Å². The molecule has 3 aromatic rings. The molecule has 2 aromatic heterocycles. The van der Waals surface area contributed by atoms with Crippen LogP contribution in [0.15, 0.2) is 36.7 Å². The first-order valence-electron chi connectivity index (χ1n) is 4.49. The summed E-state index contributed by atoms with van der Waals surface area (Å²) in [5, 5.41) is 4.96. The van der Waals surface area contributed by atoms with Crippen molar-refractivity contribution in [3.63, 3.8) is 0 Å². The molecule has 1 aromatic carbocycles. The van der Waals surface area contributed by atoms with E-state index in [1.807, 2.05) is 24.3 Å². The maximum Gasteiger partial charge on any atom is 0.211 e. The van der Waals surface area contributed by atoms with Crippen molar-refractivity contribution in [2.24, 2.45) is 0 Å². The Labute approximate surface area is 90.0 Å². The van der Waals surface area contributed by atoms with Crippen LogP contribution in [0.2, 0.25) is 0 Å². The molecule has 0 aliphatic rings. The van der Waals surface area contributed by atoms with Crippen molar-refractivity contribution in [2.75, 3.05) is 5.73 Å². The van der Waals surface area contributed by atoms with E-state index in [1.54, 1.807) is 28.4 Å². The van der Waals surface area contributed by atoms with Gasteiger partial charge in [0.15, 0.2) is 0 Å². The van der Waals surface area contributed by atoms with Crippen LogP contribution >= 0.6 is 11.3 Å². The first kappa shape index (κ1) is 8.43. The molecule has 2 heterocycles. The molecule has 0 saturated carbocycles. The van der Waals surface area contributed by atoms with Crippen LogP contribution in [0.5, 0.6) is 0 Å². The minimum Gasteiger partial charge on any atom is -0.396 e. The summed E-state index contributed by atoms with van der Waals surface area (Å²) in [5.41, 5.74) is 7.24. The number of rotatable bonds is 1. The number of anilines is 1. The highest BCUT2D eigenvalue weighted by molar-refractivity contribution is 7.20. The zero-order chi connectivity index (χ0) is 10.3.